The molecule has 0 bridgehead atoms. The summed E-state index contributed by atoms with van der Waals surface area (Å²) in [5, 5.41) is 6.57. The van der Waals surface area contributed by atoms with Gasteiger partial charge in [-0.1, -0.05) is 23.7 Å². The Morgan fingerprint density at radius 2 is 1.85 bits per heavy atom. The number of aliphatic imine (C=N–C) groups is 1. The number of halogens is 2. The number of nitrogens with one attached hydrogen (secondary N) is 2. The summed E-state index contributed by atoms with van der Waals surface area (Å²) in [5.41, 5.74) is 1.06. The summed E-state index contributed by atoms with van der Waals surface area (Å²) in [4.78, 5) is 31.3. The van der Waals surface area contributed by atoms with Crippen LogP contribution < -0.4 is 10.6 Å². The summed E-state index contributed by atoms with van der Waals surface area (Å²) in [7, 11) is 1.69. The van der Waals surface area contributed by atoms with Crippen LogP contribution in [0.15, 0.2) is 29.3 Å². The van der Waals surface area contributed by atoms with E-state index in [4.69, 9.17) is 11.6 Å². The third kappa shape index (κ3) is 6.99. The molecule has 2 amide bonds. The van der Waals surface area contributed by atoms with Crippen molar-refractivity contribution in [1.82, 2.24) is 20.4 Å². The Balaban J connectivity index is 0.00000338. The van der Waals surface area contributed by atoms with Crippen LogP contribution in [0.3, 0.4) is 0 Å². The molecule has 0 saturated carbocycles. The molecule has 1 aromatic carbocycles. The third-order valence-electron chi connectivity index (χ3n) is 3.90. The Morgan fingerprint density at radius 1 is 1.19 bits per heavy atom. The highest BCUT2D eigenvalue weighted by atomic mass is 127. The number of carbonyl (C=O) groups is 2. The molecule has 0 unspecified atom stereocenters. The number of rotatable bonds is 5. The van der Waals surface area contributed by atoms with Crippen molar-refractivity contribution in [3.05, 3.63) is 34.9 Å². The first-order chi connectivity index (χ1) is 12.0. The van der Waals surface area contributed by atoms with E-state index in [1.54, 1.807) is 7.05 Å². The highest BCUT2D eigenvalue weighted by Gasteiger charge is 2.25. The van der Waals surface area contributed by atoms with Crippen molar-refractivity contribution in [2.24, 2.45) is 4.99 Å². The maximum absolute atomic E-state index is 12.4. The van der Waals surface area contributed by atoms with Crippen LogP contribution in [0.1, 0.15) is 12.5 Å². The summed E-state index contributed by atoms with van der Waals surface area (Å²) < 4.78 is 0. The van der Waals surface area contributed by atoms with Crippen molar-refractivity contribution < 1.29 is 9.59 Å². The van der Waals surface area contributed by atoms with Gasteiger partial charge in [0.05, 0.1) is 6.54 Å². The topological polar surface area (TPSA) is 77.0 Å². The van der Waals surface area contributed by atoms with Crippen LogP contribution in [-0.4, -0.2) is 67.3 Å². The average molecular weight is 494 g/mol. The van der Waals surface area contributed by atoms with Crippen LogP contribution in [0.4, 0.5) is 0 Å². The van der Waals surface area contributed by atoms with Gasteiger partial charge in [-0.2, -0.15) is 0 Å². The Bertz CT molecular complexity index is 639. The molecular weight excluding hydrogens is 469 g/mol. The fourth-order valence-corrected chi connectivity index (χ4v) is 2.74. The molecule has 1 heterocycles. The first kappa shape index (κ1) is 22.5. The standard InChI is InChI=1S/C17H24ClN5O2.HI/c1-13(24)20-7-8-21-17(19-2)23-10-9-22(16(25)12-23)11-14-3-5-15(18)6-4-14;/h3-6H,7-12H2,1-2H3,(H,19,21)(H,20,24);1H. The lowest BCUT2D eigenvalue weighted by molar-refractivity contribution is -0.135. The molecule has 144 valence electrons. The van der Waals surface area contributed by atoms with Gasteiger partial charge in [0.2, 0.25) is 11.8 Å². The van der Waals surface area contributed by atoms with Gasteiger partial charge < -0.3 is 20.4 Å². The minimum Gasteiger partial charge on any atom is -0.355 e. The zero-order valence-electron chi connectivity index (χ0n) is 15.0. The van der Waals surface area contributed by atoms with Crippen LogP contribution in [0, 0.1) is 0 Å². The number of guanidine groups is 1. The van der Waals surface area contributed by atoms with E-state index in [9.17, 15) is 9.59 Å². The Labute approximate surface area is 176 Å². The van der Waals surface area contributed by atoms with E-state index in [0.29, 0.717) is 43.7 Å². The second kappa shape index (κ2) is 11.2. The average Bonchev–Trinajstić information content (AvgIpc) is 2.58. The summed E-state index contributed by atoms with van der Waals surface area (Å²) in [6.45, 7) is 4.76. The molecule has 1 aliphatic heterocycles. The van der Waals surface area contributed by atoms with Gasteiger partial charge in [0.15, 0.2) is 5.96 Å². The van der Waals surface area contributed by atoms with Crippen molar-refractivity contribution >= 4 is 53.4 Å². The third-order valence-corrected chi connectivity index (χ3v) is 4.15. The number of amides is 2. The fourth-order valence-electron chi connectivity index (χ4n) is 2.61. The predicted molar refractivity (Wildman–Crippen MR) is 114 cm³/mol. The number of benzene rings is 1. The normalized spacial score (nSPS) is 14.7. The summed E-state index contributed by atoms with van der Waals surface area (Å²) >= 11 is 5.89. The lowest BCUT2D eigenvalue weighted by Gasteiger charge is -2.36. The van der Waals surface area contributed by atoms with E-state index in [0.717, 1.165) is 5.56 Å². The van der Waals surface area contributed by atoms with Gasteiger partial charge in [-0.15, -0.1) is 24.0 Å². The lowest BCUT2D eigenvalue weighted by Crippen LogP contribution is -2.55. The van der Waals surface area contributed by atoms with Crippen LogP contribution in [0.25, 0.3) is 0 Å². The SMILES string of the molecule is CN=C(NCCNC(C)=O)N1CCN(Cc2ccc(Cl)cc2)C(=O)C1.I. The number of hydrogen-bond acceptors (Lipinski definition) is 3. The van der Waals surface area contributed by atoms with Crippen molar-refractivity contribution in [3.63, 3.8) is 0 Å². The molecule has 0 aromatic heterocycles. The molecule has 2 rings (SSSR count). The molecule has 26 heavy (non-hydrogen) atoms. The van der Waals surface area contributed by atoms with Crippen molar-refractivity contribution in [2.45, 2.75) is 13.5 Å². The molecule has 2 N–H and O–H groups in total. The van der Waals surface area contributed by atoms with Crippen molar-refractivity contribution in [1.29, 1.82) is 0 Å². The van der Waals surface area contributed by atoms with E-state index < -0.39 is 0 Å². The number of carbonyl (C=O) groups excluding carboxylic acids is 2. The van der Waals surface area contributed by atoms with Crippen molar-refractivity contribution in [3.8, 4) is 0 Å². The largest absolute Gasteiger partial charge is 0.355 e. The van der Waals surface area contributed by atoms with Crippen LogP contribution in [-0.2, 0) is 16.1 Å². The first-order valence-electron chi connectivity index (χ1n) is 8.22. The van der Waals surface area contributed by atoms with Crippen LogP contribution in [0.2, 0.25) is 5.02 Å². The van der Waals surface area contributed by atoms with E-state index in [-0.39, 0.29) is 42.3 Å². The van der Waals surface area contributed by atoms with Crippen LogP contribution in [0.5, 0.6) is 0 Å². The predicted octanol–water partition coefficient (Wildman–Crippen LogP) is 1.31. The second-order valence-electron chi connectivity index (χ2n) is 5.82. The minimum absolute atomic E-state index is 0. The molecule has 0 aliphatic carbocycles. The molecule has 9 heteroatoms. The Hall–Kier alpha value is -1.55. The number of piperazine rings is 1. The van der Waals surface area contributed by atoms with Gasteiger partial charge in [0.25, 0.3) is 0 Å². The van der Waals surface area contributed by atoms with Gasteiger partial charge in [0.1, 0.15) is 0 Å². The van der Waals surface area contributed by atoms with E-state index in [1.165, 1.54) is 6.92 Å². The lowest BCUT2D eigenvalue weighted by atomic mass is 10.2. The van der Waals surface area contributed by atoms with E-state index >= 15 is 0 Å². The molecule has 7 nitrogen and oxygen atoms in total. The molecule has 0 spiro atoms. The maximum atomic E-state index is 12.4. The second-order valence-corrected chi connectivity index (χ2v) is 6.26. The number of hydrogen-bond donors (Lipinski definition) is 2. The van der Waals surface area contributed by atoms with Gasteiger partial charge >= 0.3 is 0 Å². The molecule has 0 radical (unpaired) electrons. The molecular formula is C17H25ClIN5O2. The van der Waals surface area contributed by atoms with E-state index in [1.807, 2.05) is 34.1 Å². The summed E-state index contributed by atoms with van der Waals surface area (Å²) in [5.74, 6) is 0.665. The Morgan fingerprint density at radius 3 is 2.42 bits per heavy atom. The van der Waals surface area contributed by atoms with Crippen LogP contribution >= 0.6 is 35.6 Å². The smallest absolute Gasteiger partial charge is 0.242 e. The molecule has 1 saturated heterocycles. The zero-order valence-corrected chi connectivity index (χ0v) is 18.1. The van der Waals surface area contributed by atoms with Gasteiger partial charge in [-0.05, 0) is 17.7 Å². The number of nitrogens with zero attached hydrogens (tertiary/aromatic N) is 3. The monoisotopic (exact) mass is 493 g/mol. The maximum Gasteiger partial charge on any atom is 0.242 e. The summed E-state index contributed by atoms with van der Waals surface area (Å²) in [6, 6.07) is 7.53. The quantitative estimate of drug-likeness (QED) is 0.281. The van der Waals surface area contributed by atoms with E-state index in [2.05, 4.69) is 15.6 Å². The first-order valence-corrected chi connectivity index (χ1v) is 8.59. The molecule has 1 aromatic rings. The van der Waals surface area contributed by atoms with Gasteiger partial charge in [-0.3, -0.25) is 14.6 Å². The van der Waals surface area contributed by atoms with Crippen molar-refractivity contribution in [2.75, 3.05) is 39.8 Å². The van der Waals surface area contributed by atoms with Gasteiger partial charge in [0, 0.05) is 51.7 Å². The minimum atomic E-state index is -0.0669. The molecule has 0 atom stereocenters. The highest BCUT2D eigenvalue weighted by molar-refractivity contribution is 14.0. The highest BCUT2D eigenvalue weighted by Crippen LogP contribution is 2.13. The zero-order chi connectivity index (χ0) is 18.2. The molecule has 1 fully saturated rings. The Kier molecular flexibility index (Phi) is 9.71. The summed E-state index contributed by atoms with van der Waals surface area (Å²) in [6.07, 6.45) is 0. The molecule has 1 aliphatic rings. The fraction of sp³-hybridized carbons (Fsp3) is 0.471. The van der Waals surface area contributed by atoms with Gasteiger partial charge in [-0.25, -0.2) is 0 Å².